The zero-order valence-corrected chi connectivity index (χ0v) is 67.8. The van der Waals surface area contributed by atoms with Crippen molar-refractivity contribution in [3.05, 3.63) is 0 Å². The Kier molecular flexibility index (Phi) is 93.3. The summed E-state index contributed by atoms with van der Waals surface area (Å²) in [6.45, 7) is 0. The summed E-state index contributed by atoms with van der Waals surface area (Å²) in [5.41, 5.74) is 0. The van der Waals surface area contributed by atoms with Gasteiger partial charge in [-0.15, -0.1) is 0 Å². The van der Waals surface area contributed by atoms with Gasteiger partial charge in [-0.05, 0) is 0 Å². The summed E-state index contributed by atoms with van der Waals surface area (Å²) in [4.78, 5) is 0. The summed E-state index contributed by atoms with van der Waals surface area (Å²) < 4.78 is 552. The second-order valence-corrected chi connectivity index (χ2v) is 38.6. The van der Waals surface area contributed by atoms with Crippen molar-refractivity contribution in [3.8, 4) is 0 Å². The van der Waals surface area contributed by atoms with Crippen molar-refractivity contribution in [1.82, 2.24) is 0 Å². The van der Waals surface area contributed by atoms with Crippen LogP contribution in [0.4, 0.5) is 0 Å². The van der Waals surface area contributed by atoms with E-state index in [1.165, 1.54) is 0 Å². The van der Waals surface area contributed by atoms with Gasteiger partial charge in [0.2, 0.25) is 0 Å². The predicted molar refractivity (Wildman–Crippen MR) is 22.0 cm³/mol. The van der Waals surface area contributed by atoms with Crippen LogP contribution in [0.2, 0.25) is 0 Å². The molecule has 0 saturated carbocycles. The van der Waals surface area contributed by atoms with Gasteiger partial charge >= 0.3 is 527 Å². The van der Waals surface area contributed by atoms with E-state index in [2.05, 4.69) is 0 Å². The normalized spacial score (nSPS) is 11.5. The van der Waals surface area contributed by atoms with E-state index in [0.717, 1.165) is 0 Å². The summed E-state index contributed by atoms with van der Waals surface area (Å²) in [6, 6.07) is 0. The molecule has 0 atom stereocenters. The number of rotatable bonds is 0. The molecule has 0 unspecified atom stereocenters. The first-order valence-electron chi connectivity index (χ1n) is 10.7. The van der Waals surface area contributed by atoms with Gasteiger partial charge in [-0.3, -0.25) is 0 Å². The summed E-state index contributed by atoms with van der Waals surface area (Å²) in [5, 5.41) is 0. The van der Waals surface area contributed by atoms with Gasteiger partial charge in [0.25, 0.3) is 0 Å². The van der Waals surface area contributed by atoms with Crippen LogP contribution in [-0.4, -0.2) is 0 Å². The molecular weight excluding hydrogens is 2580 g/mol. The van der Waals surface area contributed by atoms with E-state index < -0.39 is 268 Å². The Morgan fingerprint density at radius 1 is 0.0864 bits per heavy atom. The topological polar surface area (TPSA) is 1280 Å². The molecule has 0 aliphatic heterocycles. The van der Waals surface area contributed by atoms with Gasteiger partial charge in [0, 0.05) is 0 Å². The third kappa shape index (κ3) is 30400. The third-order valence-electron chi connectivity index (χ3n) is 0. The van der Waals surface area contributed by atoms with Crippen molar-refractivity contribution >= 4 is 0 Å². The maximum atomic E-state index is 8.63. The Bertz CT molecular complexity index is 2360. The molecule has 0 amide bonds. The summed E-state index contributed by atoms with van der Waals surface area (Å²) >= 11 is -96.3. The standard InChI is InChI=1S/16Mo.Na.64O/q;;;;;;;;;;;;;;;;+1;;;;;;;;;;;;;;;;;;;;;;;;;;;;;;;;;32*-1. The van der Waals surface area contributed by atoms with E-state index in [-0.39, 0.29) is 29.6 Å². The van der Waals surface area contributed by atoms with Gasteiger partial charge in [0.1, 0.15) is 0 Å². The molecule has 0 rings (SSSR count). The van der Waals surface area contributed by atoms with Crippen molar-refractivity contribution in [1.29, 1.82) is 0 Å². The van der Waals surface area contributed by atoms with Crippen molar-refractivity contribution in [3.63, 3.8) is 0 Å². The summed E-state index contributed by atoms with van der Waals surface area (Å²) in [5.74, 6) is 0. The van der Waals surface area contributed by atoms with E-state index in [9.17, 15) is 0 Å². The Labute approximate surface area is 516 Å². The van der Waals surface area contributed by atoms with Crippen LogP contribution >= 0.6 is 0 Å². The molecule has 512 valence electrons. The van der Waals surface area contributed by atoms with Crippen LogP contribution in [0.3, 0.4) is 0 Å². The van der Waals surface area contributed by atoms with Gasteiger partial charge in [-0.1, -0.05) is 0 Å². The van der Waals surface area contributed by atoms with Gasteiger partial charge in [0.15, 0.2) is 0 Å². The van der Waals surface area contributed by atoms with Crippen LogP contribution in [0.5, 0.6) is 0 Å². The van der Waals surface area contributed by atoms with E-state index in [1.54, 1.807) is 0 Å². The molecule has 0 fully saturated rings. The third-order valence-corrected chi connectivity index (χ3v) is 0. The fourth-order valence-electron chi connectivity index (χ4n) is 0. The quantitative estimate of drug-likeness (QED) is 0.203. The molecule has 64 nitrogen and oxygen atoms in total. The second-order valence-electron chi connectivity index (χ2n) is 6.53. The van der Waals surface area contributed by atoms with E-state index in [4.69, 9.17) is 229 Å². The van der Waals surface area contributed by atoms with E-state index in [1.807, 2.05) is 0 Å². The second kappa shape index (κ2) is 58.2. The Hall–Kier alpha value is 4.33. The van der Waals surface area contributed by atoms with Crippen LogP contribution < -0.4 is 150 Å². The molecule has 0 bridgehead atoms. The van der Waals surface area contributed by atoms with Crippen molar-refractivity contribution in [2.24, 2.45) is 0 Å². The zero-order chi connectivity index (χ0) is 72.0. The van der Waals surface area contributed by atoms with Crippen molar-refractivity contribution in [2.75, 3.05) is 0 Å². The van der Waals surface area contributed by atoms with Gasteiger partial charge in [-0.2, -0.15) is 0 Å². The summed E-state index contributed by atoms with van der Waals surface area (Å²) in [7, 11) is 0. The van der Waals surface area contributed by atoms with Crippen molar-refractivity contribution < 1.29 is 527 Å². The molecule has 0 N–H and O–H groups in total. The monoisotopic (exact) mass is 2610 g/mol. The molecule has 81 heteroatoms. The fourth-order valence-corrected chi connectivity index (χ4v) is 0. The minimum atomic E-state index is -6.02. The molecule has 0 aliphatic rings. The molecule has 81 heavy (non-hydrogen) atoms. The van der Waals surface area contributed by atoms with Crippen LogP contribution in [0.15, 0.2) is 0 Å². The average Bonchev–Trinajstić information content (AvgIpc) is 2.70. The van der Waals surface area contributed by atoms with Crippen LogP contribution in [0.1, 0.15) is 0 Å². The van der Waals surface area contributed by atoms with Gasteiger partial charge in [0.05, 0.1) is 0 Å². The SMILES string of the molecule is [Na+].[O]=[Mo](=[O])([O-])[O-].[O]=[Mo](=[O])([O-])[O-].[O]=[Mo](=[O])([O-])[O-].[O]=[Mo](=[O])([O-])[O-].[O]=[Mo](=[O])([O-])[O-].[O]=[Mo](=[O])([O-])[O-].[O]=[Mo](=[O])([O-])[O-].[O]=[Mo](=[O])([O-])[O-].[O]=[Mo](=[O])([O-])[O-].[O]=[Mo](=[O])([O-])[O-].[O]=[Mo](=[O])([O-])[O-].[O]=[Mo](=[O])([O-])[O-].[O]=[Mo](=[O])([O-])[O-].[O]=[Mo](=[O])([O-])[O-].[O]=[Mo](=[O])([O-])[O-].[O]=[Mo](=[O])([O-])[O-]. The zero-order valence-electron chi connectivity index (χ0n) is 33.7. The first kappa shape index (κ1) is 130. The molecule has 0 aromatic carbocycles. The maximum absolute atomic E-state index is 8.63. The Balaban J connectivity index is -0.0000000359. The van der Waals surface area contributed by atoms with Crippen molar-refractivity contribution in [2.45, 2.75) is 0 Å². The molecular formula is Mo16NaO64-31. The first-order valence-corrected chi connectivity index (χ1v) is 63.1. The number of hydrogen-bond donors (Lipinski definition) is 0. The van der Waals surface area contributed by atoms with Gasteiger partial charge in [-0.25, -0.2) is 0 Å². The first-order chi connectivity index (χ1) is 32.0. The predicted octanol–water partition coefficient (Wildman–Crippen LogP) is -44.9. The van der Waals surface area contributed by atoms with Crippen LogP contribution in [-0.2, 0) is 377 Å². The molecule has 0 aliphatic carbocycles. The molecule has 0 spiro atoms. The molecule has 0 radical (unpaired) electrons. The number of hydrogen-bond acceptors (Lipinski definition) is 64. The molecule has 0 saturated heterocycles. The van der Waals surface area contributed by atoms with Gasteiger partial charge < -0.3 is 0 Å². The van der Waals surface area contributed by atoms with Crippen LogP contribution in [0, 0.1) is 0 Å². The summed E-state index contributed by atoms with van der Waals surface area (Å²) in [6.07, 6.45) is 0. The minimum absolute atomic E-state index is 0. The fraction of sp³-hybridized carbons (Fsp3) is 0. The Morgan fingerprint density at radius 3 is 0.0864 bits per heavy atom. The van der Waals surface area contributed by atoms with Crippen LogP contribution in [0.25, 0.3) is 0 Å². The average molecular weight is 2580 g/mol. The molecule has 0 aromatic rings. The van der Waals surface area contributed by atoms with E-state index in [0.29, 0.717) is 0 Å². The molecule has 0 aromatic heterocycles. The molecule has 0 heterocycles. The van der Waals surface area contributed by atoms with E-state index >= 15 is 0 Å². The Morgan fingerprint density at radius 2 is 0.0864 bits per heavy atom.